The molecule has 0 spiro atoms. The molecule has 6 nitrogen and oxygen atoms in total. The molecule has 0 radical (unpaired) electrons. The Morgan fingerprint density at radius 2 is 1.92 bits per heavy atom. The van der Waals surface area contributed by atoms with Gasteiger partial charge in [0.05, 0.1) is 0 Å². The normalized spacial score (nSPS) is 12.3. The monoisotopic (exact) mass is 323 g/mol. The van der Waals surface area contributed by atoms with Crippen LogP contribution < -0.4 is 5.32 Å². The predicted molar refractivity (Wildman–Crippen MR) is 93.7 cm³/mol. The molecule has 0 saturated heterocycles. The van der Waals surface area contributed by atoms with Crippen molar-refractivity contribution < 1.29 is 4.79 Å². The zero-order valence-electron chi connectivity index (χ0n) is 14.0. The quantitative estimate of drug-likeness (QED) is 0.753. The maximum Gasteiger partial charge on any atom is 0.247 e. The number of rotatable bonds is 5. The van der Waals surface area contributed by atoms with Crippen LogP contribution in [0.4, 0.5) is 5.69 Å². The summed E-state index contributed by atoms with van der Waals surface area (Å²) in [5.41, 5.74) is 1.59. The van der Waals surface area contributed by atoms with Crippen LogP contribution in [0, 0.1) is 0 Å². The predicted octanol–water partition coefficient (Wildman–Crippen LogP) is 3.60. The molecular weight excluding hydrogens is 302 g/mol. The van der Waals surface area contributed by atoms with Gasteiger partial charge in [0.15, 0.2) is 5.82 Å². The number of hydrogen-bond acceptors (Lipinski definition) is 3. The van der Waals surface area contributed by atoms with Gasteiger partial charge in [0, 0.05) is 29.6 Å². The van der Waals surface area contributed by atoms with E-state index in [1.807, 2.05) is 60.3 Å². The first-order valence-corrected chi connectivity index (χ1v) is 8.00. The number of nitrogens with zero attached hydrogens (tertiary/aromatic N) is 3. The van der Waals surface area contributed by atoms with Gasteiger partial charge >= 0.3 is 0 Å². The number of aromatic nitrogens is 4. The fourth-order valence-corrected chi connectivity index (χ4v) is 2.39. The maximum atomic E-state index is 12.4. The molecule has 2 heterocycles. The van der Waals surface area contributed by atoms with Gasteiger partial charge in [-0.25, -0.2) is 4.98 Å². The molecule has 1 atom stereocenters. The minimum Gasteiger partial charge on any atom is -0.342 e. The Bertz CT molecular complexity index is 820. The molecule has 0 aliphatic carbocycles. The fourth-order valence-electron chi connectivity index (χ4n) is 2.39. The number of benzene rings is 1. The van der Waals surface area contributed by atoms with E-state index in [0.29, 0.717) is 5.82 Å². The number of carbonyl (C=O) groups is 1. The number of H-pyrrole nitrogens is 1. The van der Waals surface area contributed by atoms with Crippen molar-refractivity contribution in [1.82, 2.24) is 19.7 Å². The Morgan fingerprint density at radius 3 is 2.58 bits per heavy atom. The van der Waals surface area contributed by atoms with E-state index in [0.717, 1.165) is 17.1 Å². The van der Waals surface area contributed by atoms with Crippen LogP contribution in [0.2, 0.25) is 0 Å². The van der Waals surface area contributed by atoms with E-state index in [1.54, 1.807) is 0 Å². The van der Waals surface area contributed by atoms with Gasteiger partial charge < -0.3 is 9.88 Å². The number of carbonyl (C=O) groups excluding carboxylic acids is 1. The van der Waals surface area contributed by atoms with Crippen LogP contribution >= 0.6 is 0 Å². The summed E-state index contributed by atoms with van der Waals surface area (Å²) in [6, 6.07) is 11.1. The molecule has 2 aromatic heterocycles. The molecule has 0 saturated carbocycles. The summed E-state index contributed by atoms with van der Waals surface area (Å²) < 4.78 is 1.86. The molecule has 0 fully saturated rings. The highest BCUT2D eigenvalue weighted by Gasteiger charge is 2.15. The van der Waals surface area contributed by atoms with Crippen molar-refractivity contribution in [3.05, 3.63) is 54.6 Å². The number of hydrogen-bond donors (Lipinski definition) is 2. The number of amides is 1. The highest BCUT2D eigenvalue weighted by Crippen LogP contribution is 2.21. The topological polar surface area (TPSA) is 75.6 Å². The summed E-state index contributed by atoms with van der Waals surface area (Å²) in [4.78, 5) is 16.9. The number of aromatic amines is 1. The largest absolute Gasteiger partial charge is 0.342 e. The van der Waals surface area contributed by atoms with E-state index in [9.17, 15) is 4.79 Å². The Kier molecular flexibility index (Phi) is 4.46. The third-order valence-electron chi connectivity index (χ3n) is 3.89. The van der Waals surface area contributed by atoms with Crippen LogP contribution in [0.15, 0.2) is 48.8 Å². The zero-order valence-corrected chi connectivity index (χ0v) is 14.0. The first-order valence-electron chi connectivity index (χ1n) is 8.00. The summed E-state index contributed by atoms with van der Waals surface area (Å²) in [7, 11) is 0. The smallest absolute Gasteiger partial charge is 0.247 e. The molecule has 6 heteroatoms. The molecule has 1 aromatic carbocycles. The van der Waals surface area contributed by atoms with Gasteiger partial charge in [0.25, 0.3) is 0 Å². The van der Waals surface area contributed by atoms with E-state index >= 15 is 0 Å². The van der Waals surface area contributed by atoms with Gasteiger partial charge in [0.1, 0.15) is 11.9 Å². The molecule has 0 aliphatic rings. The van der Waals surface area contributed by atoms with Crippen molar-refractivity contribution >= 4 is 11.6 Å². The summed E-state index contributed by atoms with van der Waals surface area (Å²) in [6.45, 7) is 5.98. The maximum absolute atomic E-state index is 12.4. The van der Waals surface area contributed by atoms with Crippen molar-refractivity contribution in [1.29, 1.82) is 0 Å². The zero-order chi connectivity index (χ0) is 17.1. The van der Waals surface area contributed by atoms with Crippen LogP contribution in [0.5, 0.6) is 0 Å². The van der Waals surface area contributed by atoms with Crippen LogP contribution in [0.25, 0.3) is 11.4 Å². The van der Waals surface area contributed by atoms with Gasteiger partial charge in [-0.2, -0.15) is 5.10 Å². The van der Waals surface area contributed by atoms with Crippen LogP contribution in [0.1, 0.15) is 38.6 Å². The third-order valence-corrected chi connectivity index (χ3v) is 3.89. The molecule has 0 unspecified atom stereocenters. The minimum atomic E-state index is -0.278. The molecule has 124 valence electrons. The molecule has 24 heavy (non-hydrogen) atoms. The first kappa shape index (κ1) is 16.0. The number of anilines is 1. The van der Waals surface area contributed by atoms with Crippen molar-refractivity contribution in [3.63, 3.8) is 0 Å². The fraction of sp³-hybridized carbons (Fsp3) is 0.278. The van der Waals surface area contributed by atoms with E-state index in [4.69, 9.17) is 0 Å². The van der Waals surface area contributed by atoms with Gasteiger partial charge in [-0.1, -0.05) is 26.0 Å². The molecule has 3 rings (SSSR count). The lowest BCUT2D eigenvalue weighted by molar-refractivity contribution is -0.118. The highest BCUT2D eigenvalue weighted by molar-refractivity contribution is 5.94. The van der Waals surface area contributed by atoms with Gasteiger partial charge in [-0.3, -0.25) is 9.89 Å². The van der Waals surface area contributed by atoms with Crippen molar-refractivity contribution in [2.24, 2.45) is 0 Å². The second-order valence-corrected chi connectivity index (χ2v) is 6.08. The van der Waals surface area contributed by atoms with E-state index in [-0.39, 0.29) is 17.9 Å². The lowest BCUT2D eigenvalue weighted by Gasteiger charge is -2.14. The molecule has 0 bridgehead atoms. The Hall–Kier alpha value is -2.89. The van der Waals surface area contributed by atoms with Crippen molar-refractivity contribution in [2.75, 3.05) is 5.32 Å². The second kappa shape index (κ2) is 6.70. The standard InChI is InChI=1S/C18H21N5O/c1-12(2)16-20-17(22-21-16)14-7-6-8-15(11-14)19-18(24)13(3)23-9-4-5-10-23/h4-13H,1-3H3,(H,19,24)(H,20,21,22)/t13-/m0/s1. The first-order chi connectivity index (χ1) is 11.5. The molecule has 1 amide bonds. The molecule has 2 N–H and O–H groups in total. The average molecular weight is 323 g/mol. The molecular formula is C18H21N5O. The van der Waals surface area contributed by atoms with E-state index in [1.165, 1.54) is 0 Å². The lowest BCUT2D eigenvalue weighted by Crippen LogP contribution is -2.22. The van der Waals surface area contributed by atoms with E-state index in [2.05, 4.69) is 34.3 Å². The van der Waals surface area contributed by atoms with Crippen molar-refractivity contribution in [2.45, 2.75) is 32.7 Å². The summed E-state index contributed by atoms with van der Waals surface area (Å²) in [5.74, 6) is 1.70. The van der Waals surface area contributed by atoms with Gasteiger partial charge in [-0.15, -0.1) is 0 Å². The Labute approximate surface area is 140 Å². The Morgan fingerprint density at radius 1 is 1.17 bits per heavy atom. The van der Waals surface area contributed by atoms with Crippen LogP contribution in [0.3, 0.4) is 0 Å². The lowest BCUT2D eigenvalue weighted by atomic mass is 10.1. The van der Waals surface area contributed by atoms with E-state index < -0.39 is 0 Å². The summed E-state index contributed by atoms with van der Waals surface area (Å²) in [5, 5.41) is 10.1. The van der Waals surface area contributed by atoms with Crippen LogP contribution in [-0.4, -0.2) is 25.7 Å². The third kappa shape index (κ3) is 3.37. The molecule has 3 aromatic rings. The van der Waals surface area contributed by atoms with Gasteiger partial charge in [-0.05, 0) is 31.2 Å². The second-order valence-electron chi connectivity index (χ2n) is 6.08. The highest BCUT2D eigenvalue weighted by atomic mass is 16.2. The number of nitrogens with one attached hydrogen (secondary N) is 2. The SMILES string of the molecule is CC(C)c1nc(-c2cccc(NC(=O)[C@H](C)n3cccc3)c2)n[nH]1. The van der Waals surface area contributed by atoms with Crippen LogP contribution in [-0.2, 0) is 4.79 Å². The summed E-state index contributed by atoms with van der Waals surface area (Å²) in [6.07, 6.45) is 3.75. The minimum absolute atomic E-state index is 0.0683. The summed E-state index contributed by atoms with van der Waals surface area (Å²) >= 11 is 0. The van der Waals surface area contributed by atoms with Crippen molar-refractivity contribution in [3.8, 4) is 11.4 Å². The van der Waals surface area contributed by atoms with Gasteiger partial charge in [0.2, 0.25) is 5.91 Å². The average Bonchev–Trinajstić information content (AvgIpc) is 3.26. The Balaban J connectivity index is 1.76. The molecule has 0 aliphatic heterocycles.